The van der Waals surface area contributed by atoms with Crippen LogP contribution in [0.25, 0.3) is 0 Å². The molecule has 0 rings (SSSR count). The number of unbranched alkanes of at least 4 members (excludes halogenated alkanes) is 14. The van der Waals surface area contributed by atoms with Crippen molar-refractivity contribution in [1.29, 1.82) is 0 Å². The molecule has 0 unspecified atom stereocenters. The lowest BCUT2D eigenvalue weighted by molar-refractivity contribution is -0.137. The lowest BCUT2D eigenvalue weighted by Crippen LogP contribution is -1.93. The third-order valence-electron chi connectivity index (χ3n) is 4.72. The smallest absolute Gasteiger partial charge is 0.330 e. The van der Waals surface area contributed by atoms with Crippen LogP contribution in [0.4, 0.5) is 0 Å². The van der Waals surface area contributed by atoms with Crippen molar-refractivity contribution in [2.24, 2.45) is 0 Å². The van der Waals surface area contributed by atoms with Crippen molar-refractivity contribution in [2.75, 3.05) is 0 Å². The third kappa shape index (κ3) is 38.5. The molecule has 0 aromatic heterocycles. The van der Waals surface area contributed by atoms with Crippen LogP contribution in [0.1, 0.15) is 124 Å². The SMILES string of the molecule is C=C(C)C(=O)O.C=C(C)C(=O)O.CCCCCCCCCCCCCCCCCC(=O)O. The highest BCUT2D eigenvalue weighted by Gasteiger charge is 1.97. The first-order valence-corrected chi connectivity index (χ1v) is 12.1. The molecule has 188 valence electrons. The third-order valence-corrected chi connectivity index (χ3v) is 4.72. The predicted octanol–water partition coefficient (Wildman–Crippen LogP) is 7.63. The topological polar surface area (TPSA) is 112 Å². The first kappa shape index (κ1) is 34.5. The van der Waals surface area contributed by atoms with Crippen LogP contribution in [-0.2, 0) is 14.4 Å². The van der Waals surface area contributed by atoms with Crippen molar-refractivity contribution < 1.29 is 29.7 Å². The molecule has 6 heteroatoms. The van der Waals surface area contributed by atoms with E-state index in [4.69, 9.17) is 15.3 Å². The van der Waals surface area contributed by atoms with Crippen molar-refractivity contribution in [3.63, 3.8) is 0 Å². The van der Waals surface area contributed by atoms with Crippen LogP contribution >= 0.6 is 0 Å². The van der Waals surface area contributed by atoms with Crippen molar-refractivity contribution in [2.45, 2.75) is 124 Å². The number of aliphatic carboxylic acids is 3. The van der Waals surface area contributed by atoms with Gasteiger partial charge in [0.1, 0.15) is 0 Å². The molecule has 0 aliphatic rings. The van der Waals surface area contributed by atoms with Gasteiger partial charge in [0.15, 0.2) is 0 Å². The molecule has 0 aromatic rings. The number of carbonyl (C=O) groups is 3. The standard InChI is InChI=1S/C18H36O2.2C4H6O2/c1-2-3-4-5-6-7-8-9-10-11-12-13-14-15-16-17-18(19)20;2*1-3(2)4(5)6/h2-17H2,1H3,(H,19,20);2*1H2,2H3,(H,5,6). The van der Waals surface area contributed by atoms with Crippen LogP contribution in [0.5, 0.6) is 0 Å². The summed E-state index contributed by atoms with van der Waals surface area (Å²) >= 11 is 0. The summed E-state index contributed by atoms with van der Waals surface area (Å²) in [6, 6.07) is 0. The highest BCUT2D eigenvalue weighted by atomic mass is 16.4. The fourth-order valence-corrected chi connectivity index (χ4v) is 2.65. The summed E-state index contributed by atoms with van der Waals surface area (Å²) in [5, 5.41) is 24.3. The molecule has 0 radical (unpaired) electrons. The molecule has 0 saturated heterocycles. The fraction of sp³-hybridized carbons (Fsp3) is 0.731. The Balaban J connectivity index is -0.000000571. The molecule has 3 N–H and O–H groups in total. The maximum absolute atomic E-state index is 10.3. The van der Waals surface area contributed by atoms with Gasteiger partial charge >= 0.3 is 17.9 Å². The van der Waals surface area contributed by atoms with E-state index < -0.39 is 17.9 Å². The molecule has 0 heterocycles. The maximum atomic E-state index is 10.3. The van der Waals surface area contributed by atoms with Gasteiger partial charge in [-0.25, -0.2) is 9.59 Å². The van der Waals surface area contributed by atoms with E-state index in [-0.39, 0.29) is 11.1 Å². The summed E-state index contributed by atoms with van der Waals surface area (Å²) in [6.45, 7) is 11.5. The van der Waals surface area contributed by atoms with E-state index in [2.05, 4.69) is 20.1 Å². The molecule has 6 nitrogen and oxygen atoms in total. The van der Waals surface area contributed by atoms with Crippen molar-refractivity contribution >= 4 is 17.9 Å². The molecule has 0 aliphatic heterocycles. The lowest BCUT2D eigenvalue weighted by atomic mass is 10.0. The quantitative estimate of drug-likeness (QED) is 0.144. The van der Waals surface area contributed by atoms with Crippen LogP contribution in [0.15, 0.2) is 24.3 Å². The molecule has 0 aromatic carbocycles. The van der Waals surface area contributed by atoms with Crippen LogP contribution in [-0.4, -0.2) is 33.2 Å². The van der Waals surface area contributed by atoms with Gasteiger partial charge in [0, 0.05) is 17.6 Å². The van der Waals surface area contributed by atoms with E-state index in [1.165, 1.54) is 97.3 Å². The Bertz CT molecular complexity index is 462. The van der Waals surface area contributed by atoms with E-state index in [9.17, 15) is 14.4 Å². The monoisotopic (exact) mass is 456 g/mol. The molecule has 0 atom stereocenters. The maximum Gasteiger partial charge on any atom is 0.330 e. The van der Waals surface area contributed by atoms with Gasteiger partial charge in [-0.3, -0.25) is 4.79 Å². The Morgan fingerprint density at radius 3 is 0.938 bits per heavy atom. The molecular formula is C26H48O6. The normalized spacial score (nSPS) is 9.59. The second kappa shape index (κ2) is 26.9. The number of hydrogen-bond acceptors (Lipinski definition) is 3. The van der Waals surface area contributed by atoms with E-state index in [0.29, 0.717) is 6.42 Å². The first-order valence-electron chi connectivity index (χ1n) is 12.1. The second-order valence-electron chi connectivity index (χ2n) is 8.26. The van der Waals surface area contributed by atoms with Gasteiger partial charge in [-0.05, 0) is 20.3 Å². The van der Waals surface area contributed by atoms with Gasteiger partial charge in [-0.1, -0.05) is 110 Å². The van der Waals surface area contributed by atoms with Crippen LogP contribution < -0.4 is 0 Å². The van der Waals surface area contributed by atoms with Crippen LogP contribution in [0, 0.1) is 0 Å². The van der Waals surface area contributed by atoms with E-state index in [1.807, 2.05) is 0 Å². The van der Waals surface area contributed by atoms with Crippen molar-refractivity contribution in [1.82, 2.24) is 0 Å². The van der Waals surface area contributed by atoms with Gasteiger partial charge < -0.3 is 15.3 Å². The lowest BCUT2D eigenvalue weighted by Gasteiger charge is -2.03. The molecule has 0 fully saturated rings. The van der Waals surface area contributed by atoms with Gasteiger partial charge in [0.25, 0.3) is 0 Å². The number of carboxylic acids is 3. The molecule has 0 spiro atoms. The second-order valence-corrected chi connectivity index (χ2v) is 8.26. The van der Waals surface area contributed by atoms with E-state index >= 15 is 0 Å². The van der Waals surface area contributed by atoms with Gasteiger partial charge in [-0.15, -0.1) is 0 Å². The minimum absolute atomic E-state index is 0.176. The zero-order chi connectivity index (χ0) is 25.2. The summed E-state index contributed by atoms with van der Waals surface area (Å²) in [5.74, 6) is -2.52. The average molecular weight is 457 g/mol. The number of rotatable bonds is 18. The highest BCUT2D eigenvalue weighted by Crippen LogP contribution is 2.13. The Kier molecular flexibility index (Phi) is 29.0. The Morgan fingerprint density at radius 2 is 0.750 bits per heavy atom. The Labute approximate surface area is 195 Å². The average Bonchev–Trinajstić information content (AvgIpc) is 2.71. The van der Waals surface area contributed by atoms with Gasteiger partial charge in [-0.2, -0.15) is 0 Å². The zero-order valence-electron chi connectivity index (χ0n) is 20.8. The summed E-state index contributed by atoms with van der Waals surface area (Å²) in [7, 11) is 0. The van der Waals surface area contributed by atoms with Gasteiger partial charge in [0.05, 0.1) is 0 Å². The molecule has 0 bridgehead atoms. The highest BCUT2D eigenvalue weighted by molar-refractivity contribution is 5.85. The summed E-state index contributed by atoms with van der Waals surface area (Å²) in [4.78, 5) is 29.5. The summed E-state index contributed by atoms with van der Waals surface area (Å²) in [6.07, 6.45) is 20.2. The molecule has 0 saturated carbocycles. The van der Waals surface area contributed by atoms with Crippen LogP contribution in [0.2, 0.25) is 0 Å². The molecule has 0 amide bonds. The fourth-order valence-electron chi connectivity index (χ4n) is 2.65. The molecular weight excluding hydrogens is 408 g/mol. The number of carboxylic acid groups (broad SMARTS) is 3. The van der Waals surface area contributed by atoms with Crippen molar-refractivity contribution in [3.8, 4) is 0 Å². The Hall–Kier alpha value is -2.11. The summed E-state index contributed by atoms with van der Waals surface area (Å²) < 4.78 is 0. The zero-order valence-corrected chi connectivity index (χ0v) is 20.8. The van der Waals surface area contributed by atoms with Crippen LogP contribution in [0.3, 0.4) is 0 Å². The van der Waals surface area contributed by atoms with Crippen molar-refractivity contribution in [3.05, 3.63) is 24.3 Å². The summed E-state index contributed by atoms with van der Waals surface area (Å²) in [5.41, 5.74) is 0.352. The van der Waals surface area contributed by atoms with Gasteiger partial charge in [0.2, 0.25) is 0 Å². The minimum atomic E-state index is -0.935. The molecule has 32 heavy (non-hydrogen) atoms. The Morgan fingerprint density at radius 1 is 0.531 bits per heavy atom. The number of hydrogen-bond donors (Lipinski definition) is 3. The first-order chi connectivity index (χ1) is 15.1. The molecule has 0 aliphatic carbocycles. The van der Waals surface area contributed by atoms with E-state index in [1.54, 1.807) is 0 Å². The minimum Gasteiger partial charge on any atom is -0.481 e. The van der Waals surface area contributed by atoms with E-state index in [0.717, 1.165) is 12.8 Å². The largest absolute Gasteiger partial charge is 0.481 e. The predicted molar refractivity (Wildman–Crippen MR) is 132 cm³/mol.